The van der Waals surface area contributed by atoms with Gasteiger partial charge in [-0.05, 0) is 84.9 Å². The minimum Gasteiger partial charge on any atom is -0.478 e. The van der Waals surface area contributed by atoms with Crippen LogP contribution in [0.2, 0.25) is 0 Å². The van der Waals surface area contributed by atoms with Crippen LogP contribution in [0.25, 0.3) is 0 Å². The zero-order valence-corrected chi connectivity index (χ0v) is 26.2. The Morgan fingerprint density at radius 1 is 0.396 bits per heavy atom. The Morgan fingerprint density at radius 3 is 0.792 bits per heavy atom. The second-order valence-electron chi connectivity index (χ2n) is 11.5. The summed E-state index contributed by atoms with van der Waals surface area (Å²) in [5, 5.41) is 47.6. The minimum absolute atomic E-state index is 0.190. The van der Waals surface area contributed by atoms with Gasteiger partial charge in [0, 0.05) is 80.7 Å². The molecule has 1 heterocycles. The highest BCUT2D eigenvalue weighted by Gasteiger charge is 2.20. The molecule has 5 rings (SSSR count). The molecule has 4 aromatic carbocycles. The van der Waals surface area contributed by atoms with E-state index in [1.54, 1.807) is 84.9 Å². The molecule has 48 heavy (non-hydrogen) atoms. The van der Waals surface area contributed by atoms with Crippen molar-refractivity contribution in [3.8, 4) is 0 Å². The van der Waals surface area contributed by atoms with Crippen LogP contribution in [0.4, 0.5) is 22.7 Å². The lowest BCUT2D eigenvalue weighted by molar-refractivity contribution is -0.0424. The summed E-state index contributed by atoms with van der Waals surface area (Å²) in [5.41, 5.74) is 4.41. The molecule has 0 atom stereocenters. The zero-order valence-electron chi connectivity index (χ0n) is 26.2. The molecule has 1 aliphatic rings. The molecule has 12 nitrogen and oxygen atoms in total. The SMILES string of the molecule is O=C(O)c1ccc(N2CCN(c3ccc(C(=O)O)cc3)CCN(c3ccc(C(O)O)cc3)CCN(c3ccc(C(=O)O)cc3)CC2)cc1. The van der Waals surface area contributed by atoms with E-state index in [1.807, 2.05) is 12.1 Å². The van der Waals surface area contributed by atoms with Crippen LogP contribution in [0.5, 0.6) is 0 Å². The van der Waals surface area contributed by atoms with Crippen LogP contribution in [-0.4, -0.2) is 95.8 Å². The van der Waals surface area contributed by atoms with Gasteiger partial charge in [0.05, 0.1) is 16.7 Å². The third-order valence-corrected chi connectivity index (χ3v) is 8.55. The van der Waals surface area contributed by atoms with Crippen molar-refractivity contribution in [3.63, 3.8) is 0 Å². The summed E-state index contributed by atoms with van der Waals surface area (Å²) in [7, 11) is 0. The molecule has 0 aromatic heterocycles. The van der Waals surface area contributed by atoms with Gasteiger partial charge in [0.2, 0.25) is 0 Å². The number of rotatable bonds is 8. The Hall–Kier alpha value is -5.59. The number of nitrogens with zero attached hydrogens (tertiary/aromatic N) is 4. The molecule has 12 heteroatoms. The summed E-state index contributed by atoms with van der Waals surface area (Å²) in [4.78, 5) is 43.3. The highest BCUT2D eigenvalue weighted by Crippen LogP contribution is 2.24. The van der Waals surface area contributed by atoms with Gasteiger partial charge in [-0.15, -0.1) is 0 Å². The van der Waals surface area contributed by atoms with E-state index in [4.69, 9.17) is 0 Å². The lowest BCUT2D eigenvalue weighted by Gasteiger charge is -2.37. The first kappa shape index (κ1) is 33.8. The molecule has 4 aromatic rings. The van der Waals surface area contributed by atoms with Gasteiger partial charge in [-0.1, -0.05) is 12.1 Å². The van der Waals surface area contributed by atoms with Gasteiger partial charge in [-0.3, -0.25) is 0 Å². The average Bonchev–Trinajstić information content (AvgIpc) is 3.09. The van der Waals surface area contributed by atoms with Gasteiger partial charge in [0.1, 0.15) is 0 Å². The Kier molecular flexibility index (Phi) is 10.8. The van der Waals surface area contributed by atoms with Gasteiger partial charge in [-0.25, -0.2) is 14.4 Å². The fourth-order valence-corrected chi connectivity index (χ4v) is 5.75. The van der Waals surface area contributed by atoms with Gasteiger partial charge in [0.25, 0.3) is 0 Å². The summed E-state index contributed by atoms with van der Waals surface area (Å²) in [6, 6.07) is 27.3. The van der Waals surface area contributed by atoms with Crippen molar-refractivity contribution < 1.29 is 39.9 Å². The van der Waals surface area contributed by atoms with E-state index >= 15 is 0 Å². The quantitative estimate of drug-likeness (QED) is 0.173. The number of aliphatic hydroxyl groups excluding tert-OH is 1. The topological polar surface area (TPSA) is 165 Å². The minimum atomic E-state index is -1.58. The van der Waals surface area contributed by atoms with Crippen LogP contribution >= 0.6 is 0 Å². The Labute approximate surface area is 277 Å². The number of carboxylic acids is 3. The maximum atomic E-state index is 11.5. The van der Waals surface area contributed by atoms with Crippen molar-refractivity contribution in [2.75, 3.05) is 72.0 Å². The first-order chi connectivity index (χ1) is 23.1. The highest BCUT2D eigenvalue weighted by atomic mass is 16.5. The molecule has 250 valence electrons. The van der Waals surface area contributed by atoms with E-state index in [-0.39, 0.29) is 16.7 Å². The Bertz CT molecular complexity index is 1620. The number of hydrogen-bond donors (Lipinski definition) is 5. The van der Waals surface area contributed by atoms with Crippen molar-refractivity contribution in [2.24, 2.45) is 0 Å². The lowest BCUT2D eigenvalue weighted by atomic mass is 10.1. The van der Waals surface area contributed by atoms with Crippen LogP contribution in [0.1, 0.15) is 42.9 Å². The first-order valence-corrected chi connectivity index (χ1v) is 15.5. The number of hydrogen-bond acceptors (Lipinski definition) is 9. The molecule has 0 unspecified atom stereocenters. The second-order valence-corrected chi connectivity index (χ2v) is 11.5. The summed E-state index contributed by atoms with van der Waals surface area (Å²) in [6.07, 6.45) is -1.58. The summed E-state index contributed by atoms with van der Waals surface area (Å²) < 4.78 is 0. The fraction of sp³-hybridized carbons (Fsp3) is 0.250. The van der Waals surface area contributed by atoms with Crippen molar-refractivity contribution in [1.82, 2.24) is 0 Å². The van der Waals surface area contributed by atoms with E-state index in [9.17, 15) is 39.9 Å². The number of carboxylic acid groups (broad SMARTS) is 3. The maximum absolute atomic E-state index is 11.5. The van der Waals surface area contributed by atoms with E-state index in [2.05, 4.69) is 19.6 Å². The van der Waals surface area contributed by atoms with Crippen molar-refractivity contribution in [1.29, 1.82) is 0 Å². The van der Waals surface area contributed by atoms with Crippen LogP contribution in [0, 0.1) is 0 Å². The molecule has 0 bridgehead atoms. The summed E-state index contributed by atoms with van der Waals surface area (Å²) >= 11 is 0. The van der Waals surface area contributed by atoms with Gasteiger partial charge in [0.15, 0.2) is 6.29 Å². The number of anilines is 4. The fourth-order valence-electron chi connectivity index (χ4n) is 5.75. The Morgan fingerprint density at radius 2 is 0.604 bits per heavy atom. The van der Waals surface area contributed by atoms with Crippen molar-refractivity contribution >= 4 is 40.7 Å². The van der Waals surface area contributed by atoms with Gasteiger partial charge < -0.3 is 45.1 Å². The van der Waals surface area contributed by atoms with Crippen molar-refractivity contribution in [3.05, 3.63) is 119 Å². The number of aromatic carboxylic acids is 3. The molecule has 5 N–H and O–H groups in total. The number of benzene rings is 4. The summed E-state index contributed by atoms with van der Waals surface area (Å²) in [5.74, 6) is -3.01. The largest absolute Gasteiger partial charge is 0.478 e. The monoisotopic (exact) mass is 654 g/mol. The van der Waals surface area contributed by atoms with E-state index < -0.39 is 24.2 Å². The smallest absolute Gasteiger partial charge is 0.335 e. The van der Waals surface area contributed by atoms with Gasteiger partial charge in [-0.2, -0.15) is 0 Å². The molecule has 0 saturated carbocycles. The zero-order chi connectivity index (χ0) is 34.2. The third kappa shape index (κ3) is 8.41. The van der Waals surface area contributed by atoms with E-state index in [0.29, 0.717) is 57.9 Å². The van der Waals surface area contributed by atoms with E-state index in [0.717, 1.165) is 22.7 Å². The Balaban J connectivity index is 1.49. The molecule has 1 saturated heterocycles. The predicted molar refractivity (Wildman–Crippen MR) is 183 cm³/mol. The molecule has 1 aliphatic heterocycles. The summed E-state index contributed by atoms with van der Waals surface area (Å²) in [6.45, 7) is 4.62. The lowest BCUT2D eigenvalue weighted by Crippen LogP contribution is -2.46. The molecule has 0 aliphatic carbocycles. The molecule has 0 radical (unpaired) electrons. The highest BCUT2D eigenvalue weighted by molar-refractivity contribution is 5.89. The maximum Gasteiger partial charge on any atom is 0.335 e. The second kappa shape index (κ2) is 15.3. The average molecular weight is 655 g/mol. The first-order valence-electron chi connectivity index (χ1n) is 15.5. The normalized spacial score (nSPS) is 14.7. The van der Waals surface area contributed by atoms with E-state index in [1.165, 1.54) is 0 Å². The van der Waals surface area contributed by atoms with Crippen LogP contribution in [0.3, 0.4) is 0 Å². The molecular weight excluding hydrogens is 616 g/mol. The molecule has 1 fully saturated rings. The standard InChI is InChI=1S/C36H38N4O8/c41-33(42)25-1-9-29(10-2-25)37-17-19-38(30-11-3-26(4-12-30)34(43)44)21-23-40(32-15-7-28(8-16-32)36(47)48)24-22-39(20-18-37)31-13-5-27(6-14-31)35(45)46/h1-16,33,41-42H,17-24H2,(H,43,44)(H,45,46)(H,47,48). The van der Waals surface area contributed by atoms with Crippen LogP contribution < -0.4 is 19.6 Å². The van der Waals surface area contributed by atoms with Gasteiger partial charge >= 0.3 is 17.9 Å². The van der Waals surface area contributed by atoms with Crippen LogP contribution in [-0.2, 0) is 0 Å². The van der Waals surface area contributed by atoms with Crippen molar-refractivity contribution in [2.45, 2.75) is 6.29 Å². The third-order valence-electron chi connectivity index (χ3n) is 8.55. The number of aliphatic hydroxyl groups is 2. The number of carbonyl (C=O) groups is 3. The molecular formula is C36H38N4O8. The predicted octanol–water partition coefficient (Wildman–Crippen LogP) is 4.10. The van der Waals surface area contributed by atoms with Crippen LogP contribution in [0.15, 0.2) is 97.1 Å². The molecule has 0 spiro atoms. The molecule has 0 amide bonds.